The molecule has 0 aliphatic rings. The van der Waals surface area contributed by atoms with Gasteiger partial charge in [0.15, 0.2) is 6.29 Å². The molecule has 0 bridgehead atoms. The van der Waals surface area contributed by atoms with E-state index in [4.69, 9.17) is 10.2 Å². The predicted molar refractivity (Wildman–Crippen MR) is 78.6 cm³/mol. The molecule has 0 aromatic carbocycles. The third kappa shape index (κ3) is 14.0. The molecule has 3 nitrogen and oxygen atoms in total. The van der Waals surface area contributed by atoms with Gasteiger partial charge in [0.1, 0.15) is 0 Å². The summed E-state index contributed by atoms with van der Waals surface area (Å²) >= 11 is 0. The summed E-state index contributed by atoms with van der Waals surface area (Å²) in [4.78, 5) is 2.03. The molecule has 104 valence electrons. The van der Waals surface area contributed by atoms with E-state index in [9.17, 15) is 0 Å². The average Bonchev–Trinajstić information content (AvgIpc) is 2.22. The van der Waals surface area contributed by atoms with E-state index in [1.54, 1.807) is 6.08 Å². The smallest absolute Gasteiger partial charge is 0.164 e. The van der Waals surface area contributed by atoms with Crippen molar-refractivity contribution in [1.82, 2.24) is 4.90 Å². The van der Waals surface area contributed by atoms with Crippen molar-refractivity contribution in [3.8, 4) is 0 Å². The van der Waals surface area contributed by atoms with Crippen molar-refractivity contribution in [2.75, 3.05) is 19.6 Å². The monoisotopic (exact) mass is 309 g/mol. The number of nitrogens with zero attached hydrogens (tertiary/aromatic N) is 1. The van der Waals surface area contributed by atoms with Crippen LogP contribution in [0.2, 0.25) is 0 Å². The lowest BCUT2D eigenvalue weighted by molar-refractivity contribution is -0.0596. The first-order chi connectivity index (χ1) is 7.70. The highest BCUT2D eigenvalue weighted by molar-refractivity contribution is 8.93. The number of hydrogen-bond acceptors (Lipinski definition) is 3. The van der Waals surface area contributed by atoms with Crippen molar-refractivity contribution in [2.24, 2.45) is 0 Å². The fraction of sp³-hybridized carbons (Fsp3) is 0.846. The van der Waals surface area contributed by atoms with E-state index in [0.717, 1.165) is 19.5 Å². The highest BCUT2D eigenvalue weighted by Gasteiger charge is 2.06. The van der Waals surface area contributed by atoms with Crippen LogP contribution in [0.4, 0.5) is 0 Å². The molecule has 0 atom stereocenters. The van der Waals surface area contributed by atoms with E-state index in [-0.39, 0.29) is 17.0 Å². The van der Waals surface area contributed by atoms with Gasteiger partial charge in [-0.2, -0.15) is 0 Å². The van der Waals surface area contributed by atoms with E-state index in [1.807, 2.05) is 4.90 Å². The SMILES string of the molecule is Br.C=CCN(CCCCCCCC)CC(O)O. The van der Waals surface area contributed by atoms with Crippen molar-refractivity contribution in [3.05, 3.63) is 12.7 Å². The standard InChI is InChI=1S/C13H27NO2.BrH/c1-3-5-6-7-8-9-11-14(10-4-2)12-13(15)16;/h4,13,15-16H,2-3,5-12H2,1H3;1H. The van der Waals surface area contributed by atoms with Crippen molar-refractivity contribution in [1.29, 1.82) is 0 Å². The molecule has 0 aliphatic heterocycles. The van der Waals surface area contributed by atoms with Crippen LogP contribution in [0.25, 0.3) is 0 Å². The third-order valence-corrected chi connectivity index (χ3v) is 2.64. The molecule has 0 unspecified atom stereocenters. The molecule has 2 N–H and O–H groups in total. The van der Waals surface area contributed by atoms with Crippen LogP contribution in [0.3, 0.4) is 0 Å². The van der Waals surface area contributed by atoms with Gasteiger partial charge in [-0.1, -0.05) is 45.1 Å². The van der Waals surface area contributed by atoms with Crippen LogP contribution in [-0.4, -0.2) is 41.0 Å². The maximum atomic E-state index is 8.90. The first kappa shape index (κ1) is 19.4. The Hall–Kier alpha value is 0.1000. The lowest BCUT2D eigenvalue weighted by atomic mass is 10.1. The Morgan fingerprint density at radius 1 is 1.12 bits per heavy atom. The minimum Gasteiger partial charge on any atom is -0.367 e. The Labute approximate surface area is 116 Å². The zero-order valence-corrected chi connectivity index (χ0v) is 12.7. The van der Waals surface area contributed by atoms with Crippen LogP contribution >= 0.6 is 17.0 Å². The van der Waals surface area contributed by atoms with E-state index in [1.165, 1.54) is 32.1 Å². The molecule has 0 fully saturated rings. The third-order valence-electron chi connectivity index (χ3n) is 2.64. The van der Waals surface area contributed by atoms with Crippen molar-refractivity contribution < 1.29 is 10.2 Å². The summed E-state index contributed by atoms with van der Waals surface area (Å²) in [5, 5.41) is 17.8. The highest BCUT2D eigenvalue weighted by Crippen LogP contribution is 2.06. The van der Waals surface area contributed by atoms with Crippen LogP contribution in [0.1, 0.15) is 45.4 Å². The molecule has 0 amide bonds. The summed E-state index contributed by atoms with van der Waals surface area (Å²) in [6.45, 7) is 7.86. The molecule has 0 aromatic heterocycles. The number of unbranched alkanes of at least 4 members (excludes halogenated alkanes) is 5. The molecule has 0 radical (unpaired) electrons. The second kappa shape index (κ2) is 14.2. The predicted octanol–water partition coefficient (Wildman–Crippen LogP) is 2.72. The van der Waals surface area contributed by atoms with Gasteiger partial charge in [0.2, 0.25) is 0 Å². The number of aliphatic hydroxyl groups excluding tert-OH is 1. The van der Waals surface area contributed by atoms with Gasteiger partial charge in [0, 0.05) is 13.1 Å². The summed E-state index contributed by atoms with van der Waals surface area (Å²) in [5.74, 6) is 0. The molecule has 0 aliphatic carbocycles. The number of hydrogen-bond donors (Lipinski definition) is 2. The molecule has 4 heteroatoms. The van der Waals surface area contributed by atoms with Crippen LogP contribution in [0.15, 0.2) is 12.7 Å². The van der Waals surface area contributed by atoms with Gasteiger partial charge < -0.3 is 10.2 Å². The second-order valence-corrected chi connectivity index (χ2v) is 4.30. The largest absolute Gasteiger partial charge is 0.367 e. The van der Waals surface area contributed by atoms with Crippen LogP contribution in [0.5, 0.6) is 0 Å². The zero-order chi connectivity index (χ0) is 12.2. The topological polar surface area (TPSA) is 43.7 Å². The van der Waals surface area contributed by atoms with Gasteiger partial charge in [0.05, 0.1) is 0 Å². The number of rotatable bonds is 11. The van der Waals surface area contributed by atoms with Gasteiger partial charge in [-0.15, -0.1) is 23.6 Å². The van der Waals surface area contributed by atoms with Crippen LogP contribution in [-0.2, 0) is 0 Å². The molecule has 0 aromatic rings. The average molecular weight is 310 g/mol. The Morgan fingerprint density at radius 3 is 2.24 bits per heavy atom. The number of halogens is 1. The van der Waals surface area contributed by atoms with Gasteiger partial charge in [-0.25, -0.2) is 0 Å². The fourth-order valence-electron chi connectivity index (χ4n) is 1.79. The van der Waals surface area contributed by atoms with Gasteiger partial charge in [-0.3, -0.25) is 4.90 Å². The molecular formula is C13H28BrNO2. The maximum Gasteiger partial charge on any atom is 0.164 e. The van der Waals surface area contributed by atoms with Crippen molar-refractivity contribution in [2.45, 2.75) is 51.7 Å². The van der Waals surface area contributed by atoms with E-state index >= 15 is 0 Å². The Kier molecular flexibility index (Phi) is 16.2. The van der Waals surface area contributed by atoms with Gasteiger partial charge in [0.25, 0.3) is 0 Å². The first-order valence-electron chi connectivity index (χ1n) is 6.40. The van der Waals surface area contributed by atoms with Crippen molar-refractivity contribution in [3.63, 3.8) is 0 Å². The first-order valence-corrected chi connectivity index (χ1v) is 6.40. The molecule has 0 spiro atoms. The van der Waals surface area contributed by atoms with Crippen LogP contribution in [0, 0.1) is 0 Å². The van der Waals surface area contributed by atoms with Gasteiger partial charge in [-0.05, 0) is 13.0 Å². The Morgan fingerprint density at radius 2 is 1.71 bits per heavy atom. The Bertz CT molecular complexity index is 165. The second-order valence-electron chi connectivity index (χ2n) is 4.30. The minimum absolute atomic E-state index is 0. The lowest BCUT2D eigenvalue weighted by Crippen LogP contribution is -2.33. The molecule has 0 rings (SSSR count). The minimum atomic E-state index is -1.24. The van der Waals surface area contributed by atoms with E-state index < -0.39 is 6.29 Å². The van der Waals surface area contributed by atoms with E-state index in [0.29, 0.717) is 6.54 Å². The summed E-state index contributed by atoms with van der Waals surface area (Å²) in [6, 6.07) is 0. The zero-order valence-electron chi connectivity index (χ0n) is 11.0. The van der Waals surface area contributed by atoms with Crippen molar-refractivity contribution >= 4 is 17.0 Å². The van der Waals surface area contributed by atoms with Gasteiger partial charge >= 0.3 is 0 Å². The summed E-state index contributed by atoms with van der Waals surface area (Å²) in [5.41, 5.74) is 0. The van der Waals surface area contributed by atoms with E-state index in [2.05, 4.69) is 13.5 Å². The molecule has 0 heterocycles. The summed E-state index contributed by atoms with van der Waals surface area (Å²) < 4.78 is 0. The number of aliphatic hydroxyl groups is 2. The molecular weight excluding hydrogens is 282 g/mol. The summed E-state index contributed by atoms with van der Waals surface area (Å²) in [7, 11) is 0. The normalized spacial score (nSPS) is 10.6. The maximum absolute atomic E-state index is 8.90. The fourth-order valence-corrected chi connectivity index (χ4v) is 1.79. The molecule has 0 saturated heterocycles. The quantitative estimate of drug-likeness (QED) is 0.350. The lowest BCUT2D eigenvalue weighted by Gasteiger charge is -2.21. The Balaban J connectivity index is 0. The highest BCUT2D eigenvalue weighted by atomic mass is 79.9. The molecule has 0 saturated carbocycles. The van der Waals surface area contributed by atoms with Crippen LogP contribution < -0.4 is 0 Å². The molecule has 17 heavy (non-hydrogen) atoms. The summed E-state index contributed by atoms with van der Waals surface area (Å²) in [6.07, 6.45) is 8.14.